The molecular weight excluding hydrogens is 305 g/mol. The minimum atomic E-state index is -2.65. The zero-order valence-corrected chi connectivity index (χ0v) is 9.33. The van der Waals surface area contributed by atoms with E-state index in [0.717, 1.165) is 0 Å². The standard InChI is InChI=1S/C8H9F2IN2O/c9-8(10)7-4(3-14)1-6(11)13-5(7)2-12/h1,8,14H,2-3,12H2. The first-order valence-corrected chi connectivity index (χ1v) is 4.95. The molecule has 0 unspecified atom stereocenters. The third-order valence-electron chi connectivity index (χ3n) is 1.77. The molecular formula is C8H9F2IN2O. The van der Waals surface area contributed by atoms with Crippen LogP contribution in [0.25, 0.3) is 0 Å². The van der Waals surface area contributed by atoms with E-state index in [9.17, 15) is 8.78 Å². The Balaban J connectivity index is 3.33. The van der Waals surface area contributed by atoms with Gasteiger partial charge in [-0.15, -0.1) is 0 Å². The van der Waals surface area contributed by atoms with E-state index in [2.05, 4.69) is 4.98 Å². The number of hydrogen-bond donors (Lipinski definition) is 2. The van der Waals surface area contributed by atoms with Crippen LogP contribution in [0.2, 0.25) is 0 Å². The van der Waals surface area contributed by atoms with Gasteiger partial charge in [0, 0.05) is 12.1 Å². The number of aliphatic hydroxyl groups is 1. The molecule has 0 aromatic carbocycles. The second kappa shape index (κ2) is 4.94. The second-order valence-electron chi connectivity index (χ2n) is 2.63. The first-order chi connectivity index (χ1) is 6.60. The Morgan fingerprint density at radius 1 is 1.57 bits per heavy atom. The summed E-state index contributed by atoms with van der Waals surface area (Å²) < 4.78 is 25.7. The monoisotopic (exact) mass is 314 g/mol. The highest BCUT2D eigenvalue weighted by Gasteiger charge is 2.18. The molecule has 1 aromatic rings. The number of pyridine rings is 1. The summed E-state index contributed by atoms with van der Waals surface area (Å²) in [5, 5.41) is 8.91. The summed E-state index contributed by atoms with van der Waals surface area (Å²) in [5.41, 5.74) is 5.40. The van der Waals surface area contributed by atoms with E-state index in [0.29, 0.717) is 3.70 Å². The van der Waals surface area contributed by atoms with Gasteiger partial charge < -0.3 is 10.8 Å². The van der Waals surface area contributed by atoms with E-state index in [1.165, 1.54) is 6.07 Å². The average molecular weight is 314 g/mol. The van der Waals surface area contributed by atoms with Gasteiger partial charge in [0.25, 0.3) is 6.43 Å². The Bertz CT molecular complexity index is 308. The fourth-order valence-corrected chi connectivity index (χ4v) is 1.85. The molecule has 0 atom stereocenters. The van der Waals surface area contributed by atoms with Crippen molar-refractivity contribution in [3.8, 4) is 0 Å². The van der Waals surface area contributed by atoms with Crippen molar-refractivity contribution >= 4 is 22.6 Å². The van der Waals surface area contributed by atoms with Gasteiger partial charge in [-0.3, -0.25) is 0 Å². The number of nitrogens with zero attached hydrogens (tertiary/aromatic N) is 1. The summed E-state index contributed by atoms with van der Waals surface area (Å²) >= 11 is 1.90. The van der Waals surface area contributed by atoms with Gasteiger partial charge in [-0.2, -0.15) is 0 Å². The molecule has 3 N–H and O–H groups in total. The van der Waals surface area contributed by atoms with Crippen molar-refractivity contribution in [1.82, 2.24) is 4.98 Å². The lowest BCUT2D eigenvalue weighted by atomic mass is 10.1. The van der Waals surface area contributed by atoms with Gasteiger partial charge in [-0.25, -0.2) is 13.8 Å². The van der Waals surface area contributed by atoms with Crippen molar-refractivity contribution in [3.05, 3.63) is 26.6 Å². The molecule has 0 aliphatic carbocycles. The maximum atomic E-state index is 12.6. The molecule has 1 aromatic heterocycles. The fourth-order valence-electron chi connectivity index (χ4n) is 1.18. The predicted octanol–water partition coefficient (Wildman–Crippen LogP) is 1.57. The Hall–Kier alpha value is -0.340. The van der Waals surface area contributed by atoms with Crippen LogP contribution >= 0.6 is 22.6 Å². The topological polar surface area (TPSA) is 59.1 Å². The molecule has 3 nitrogen and oxygen atoms in total. The normalized spacial score (nSPS) is 11.0. The van der Waals surface area contributed by atoms with Gasteiger partial charge in [0.1, 0.15) is 3.70 Å². The highest BCUT2D eigenvalue weighted by atomic mass is 127. The highest BCUT2D eigenvalue weighted by molar-refractivity contribution is 14.1. The van der Waals surface area contributed by atoms with Gasteiger partial charge in [0.15, 0.2) is 0 Å². The van der Waals surface area contributed by atoms with Crippen molar-refractivity contribution in [1.29, 1.82) is 0 Å². The first kappa shape index (κ1) is 11.7. The molecule has 0 bridgehead atoms. The summed E-state index contributed by atoms with van der Waals surface area (Å²) in [4.78, 5) is 3.89. The molecule has 78 valence electrons. The van der Waals surface area contributed by atoms with E-state index in [1.54, 1.807) is 0 Å². The lowest BCUT2D eigenvalue weighted by molar-refractivity contribution is 0.145. The summed E-state index contributed by atoms with van der Waals surface area (Å²) in [5.74, 6) is 0. The molecule has 0 radical (unpaired) electrons. The summed E-state index contributed by atoms with van der Waals surface area (Å²) in [6.07, 6.45) is -2.65. The van der Waals surface area contributed by atoms with Crippen LogP contribution in [0.3, 0.4) is 0 Å². The highest BCUT2D eigenvalue weighted by Crippen LogP contribution is 2.26. The lowest BCUT2D eigenvalue weighted by Gasteiger charge is -2.11. The number of alkyl halides is 2. The summed E-state index contributed by atoms with van der Waals surface area (Å²) in [6, 6.07) is 1.43. The largest absolute Gasteiger partial charge is 0.392 e. The minimum Gasteiger partial charge on any atom is -0.392 e. The zero-order valence-electron chi connectivity index (χ0n) is 7.17. The third-order valence-corrected chi connectivity index (χ3v) is 2.33. The quantitative estimate of drug-likeness (QED) is 0.658. The van der Waals surface area contributed by atoms with Crippen molar-refractivity contribution in [2.75, 3.05) is 0 Å². The number of hydrogen-bond acceptors (Lipinski definition) is 3. The molecule has 1 rings (SSSR count). The van der Waals surface area contributed by atoms with Crippen LogP contribution in [0.15, 0.2) is 6.07 Å². The molecule has 14 heavy (non-hydrogen) atoms. The first-order valence-electron chi connectivity index (χ1n) is 3.87. The van der Waals surface area contributed by atoms with E-state index >= 15 is 0 Å². The van der Waals surface area contributed by atoms with Gasteiger partial charge >= 0.3 is 0 Å². The minimum absolute atomic E-state index is 0.0521. The van der Waals surface area contributed by atoms with E-state index < -0.39 is 13.0 Å². The number of rotatable bonds is 3. The van der Waals surface area contributed by atoms with Gasteiger partial charge in [0.05, 0.1) is 12.3 Å². The molecule has 0 fully saturated rings. The molecule has 0 saturated carbocycles. The Morgan fingerprint density at radius 2 is 2.21 bits per heavy atom. The molecule has 0 spiro atoms. The zero-order chi connectivity index (χ0) is 10.7. The van der Waals surface area contributed by atoms with E-state index in [1.807, 2.05) is 22.6 Å². The maximum Gasteiger partial charge on any atom is 0.266 e. The van der Waals surface area contributed by atoms with Crippen LogP contribution in [0.1, 0.15) is 23.2 Å². The lowest BCUT2D eigenvalue weighted by Crippen LogP contribution is -2.09. The molecule has 0 aliphatic heterocycles. The fraction of sp³-hybridized carbons (Fsp3) is 0.375. The van der Waals surface area contributed by atoms with Crippen molar-refractivity contribution < 1.29 is 13.9 Å². The van der Waals surface area contributed by atoms with Crippen molar-refractivity contribution in [3.63, 3.8) is 0 Å². The maximum absolute atomic E-state index is 12.6. The van der Waals surface area contributed by atoms with Gasteiger partial charge in [-0.1, -0.05) is 0 Å². The van der Waals surface area contributed by atoms with Gasteiger partial charge in [-0.05, 0) is 34.2 Å². The molecule has 0 saturated heterocycles. The van der Waals surface area contributed by atoms with E-state index in [4.69, 9.17) is 10.8 Å². The number of aromatic nitrogens is 1. The SMILES string of the molecule is NCc1nc(I)cc(CO)c1C(F)F. The summed E-state index contributed by atoms with van der Waals surface area (Å²) in [7, 11) is 0. The van der Waals surface area contributed by atoms with Gasteiger partial charge in [0.2, 0.25) is 0 Å². The third kappa shape index (κ3) is 2.37. The van der Waals surface area contributed by atoms with Crippen LogP contribution < -0.4 is 5.73 Å². The predicted molar refractivity (Wildman–Crippen MR) is 55.7 cm³/mol. The molecule has 0 amide bonds. The van der Waals surface area contributed by atoms with Crippen LogP contribution in [0, 0.1) is 3.70 Å². The smallest absolute Gasteiger partial charge is 0.266 e. The molecule has 1 heterocycles. The Kier molecular flexibility index (Phi) is 4.14. The molecule has 6 heteroatoms. The van der Waals surface area contributed by atoms with Crippen LogP contribution in [-0.4, -0.2) is 10.1 Å². The Morgan fingerprint density at radius 3 is 2.64 bits per heavy atom. The van der Waals surface area contributed by atoms with Crippen LogP contribution in [0.5, 0.6) is 0 Å². The van der Waals surface area contributed by atoms with Crippen molar-refractivity contribution in [2.45, 2.75) is 19.6 Å². The van der Waals surface area contributed by atoms with Crippen LogP contribution in [0.4, 0.5) is 8.78 Å². The number of nitrogens with two attached hydrogens (primary N) is 1. The number of aliphatic hydroxyl groups excluding tert-OH is 1. The Labute approximate surface area is 93.5 Å². The summed E-state index contributed by atoms with van der Waals surface area (Å²) in [6.45, 7) is -0.477. The average Bonchev–Trinajstić information content (AvgIpc) is 2.15. The van der Waals surface area contributed by atoms with E-state index in [-0.39, 0.29) is 23.4 Å². The number of halogens is 3. The van der Waals surface area contributed by atoms with Crippen molar-refractivity contribution in [2.24, 2.45) is 5.73 Å². The molecule has 0 aliphatic rings. The second-order valence-corrected chi connectivity index (χ2v) is 3.73. The van der Waals surface area contributed by atoms with Crippen LogP contribution in [-0.2, 0) is 13.2 Å².